The largest absolute Gasteiger partial charge is 0.394 e. The fourth-order valence-electron chi connectivity index (χ4n) is 2.17. The van der Waals surface area contributed by atoms with Crippen LogP contribution in [0.1, 0.15) is 6.23 Å². The predicted molar refractivity (Wildman–Crippen MR) is 84.2 cm³/mol. The van der Waals surface area contributed by atoms with Gasteiger partial charge in [0.1, 0.15) is 30.2 Å². The second kappa shape index (κ2) is 6.82. The van der Waals surface area contributed by atoms with Crippen molar-refractivity contribution in [2.75, 3.05) is 12.3 Å². The van der Waals surface area contributed by atoms with Crippen molar-refractivity contribution in [3.63, 3.8) is 0 Å². The molecular weight excluding hydrogens is 317 g/mol. The lowest BCUT2D eigenvalue weighted by atomic mass is 10.1. The molecule has 1 fully saturated rings. The molecule has 1 aliphatic heterocycles. The van der Waals surface area contributed by atoms with Gasteiger partial charge in [0.05, 0.1) is 12.9 Å². The molecule has 5 N–H and O–H groups in total. The van der Waals surface area contributed by atoms with Crippen LogP contribution in [0.4, 0.5) is 5.82 Å². The summed E-state index contributed by atoms with van der Waals surface area (Å²) in [4.78, 5) is 11.9. The van der Waals surface area contributed by atoms with Crippen LogP contribution in [0.5, 0.6) is 0 Å². The maximum Gasteiger partial charge on any atom is 0.167 e. The number of aliphatic hydroxyl groups excluding tert-OH is 3. The summed E-state index contributed by atoms with van der Waals surface area (Å²) >= 11 is 0. The zero-order valence-electron chi connectivity index (χ0n) is 11.0. The predicted octanol–water partition coefficient (Wildman–Crippen LogP) is -1.81. The van der Waals surface area contributed by atoms with Crippen LogP contribution in [0.15, 0.2) is 12.7 Å². The van der Waals surface area contributed by atoms with Gasteiger partial charge in [0, 0.05) is 0 Å². The van der Waals surface area contributed by atoms with Gasteiger partial charge in [0.15, 0.2) is 17.7 Å². The molecule has 0 bridgehead atoms. The van der Waals surface area contributed by atoms with Gasteiger partial charge < -0.3 is 25.8 Å². The van der Waals surface area contributed by atoms with Gasteiger partial charge in [-0.1, -0.05) is 0 Å². The summed E-state index contributed by atoms with van der Waals surface area (Å²) in [5.41, 5.74) is 6.44. The lowest BCUT2D eigenvalue weighted by molar-refractivity contribution is -0.0511. The highest BCUT2D eigenvalue weighted by Crippen LogP contribution is 2.31. The maximum atomic E-state index is 9.95. The van der Waals surface area contributed by atoms with E-state index in [0.717, 1.165) is 0 Å². The molecule has 0 aromatic carbocycles. The Bertz CT molecular complexity index is 614. The van der Waals surface area contributed by atoms with Gasteiger partial charge in [0.25, 0.3) is 0 Å². The van der Waals surface area contributed by atoms with E-state index in [4.69, 9.17) is 15.6 Å². The number of nitrogens with two attached hydrogens (primary N) is 1. The molecule has 3 heterocycles. The average Bonchev–Trinajstić information content (AvgIpc) is 2.94. The first-order valence-electron chi connectivity index (χ1n) is 5.69. The molecule has 11 heteroatoms. The van der Waals surface area contributed by atoms with Crippen molar-refractivity contribution in [3.05, 3.63) is 12.7 Å². The summed E-state index contributed by atoms with van der Waals surface area (Å²) in [6.07, 6.45) is -1.42. The number of fused-ring (bicyclic) bond motifs is 1. The number of rotatable bonds is 2. The fourth-order valence-corrected chi connectivity index (χ4v) is 2.17. The van der Waals surface area contributed by atoms with Crippen LogP contribution in [0, 0.1) is 0 Å². The molecule has 3 rings (SSSR count). The zero-order valence-corrected chi connectivity index (χ0v) is 13.4. The van der Waals surface area contributed by atoms with Crippen molar-refractivity contribution in [1.29, 1.82) is 0 Å². The van der Waals surface area contributed by atoms with Crippen LogP contribution in [-0.4, -0.2) is 59.8 Å². The number of hydrogen-bond acceptors (Lipinski definition) is 8. The number of anilines is 1. The van der Waals surface area contributed by atoms with Crippen LogP contribution in [0.2, 0.25) is 0 Å². The normalized spacial score (nSPS) is 28.1. The summed E-state index contributed by atoms with van der Waals surface area (Å²) in [5, 5.41) is 28.7. The number of imidazole rings is 1. The minimum absolute atomic E-state index is 0. The van der Waals surface area contributed by atoms with Gasteiger partial charge in [-0.05, 0) is 0 Å². The van der Waals surface area contributed by atoms with Crippen molar-refractivity contribution in [2.24, 2.45) is 0 Å². The summed E-state index contributed by atoms with van der Waals surface area (Å²) in [5.74, 6) is 0.218. The number of nitrogen functional groups attached to an aromatic ring is 1. The Morgan fingerprint density at radius 3 is 2.57 bits per heavy atom. The van der Waals surface area contributed by atoms with Crippen LogP contribution < -0.4 is 5.73 Å². The maximum absolute atomic E-state index is 9.95. The van der Waals surface area contributed by atoms with Crippen molar-refractivity contribution in [1.82, 2.24) is 19.5 Å². The molecular formula is C10H18N5O4PS. The number of aromatic nitrogens is 4. The summed E-state index contributed by atoms with van der Waals surface area (Å²) in [7, 11) is 0. The molecule has 1 aliphatic rings. The molecule has 0 amide bonds. The molecule has 1 saturated heterocycles. The van der Waals surface area contributed by atoms with Crippen LogP contribution in [0.25, 0.3) is 11.2 Å². The van der Waals surface area contributed by atoms with E-state index in [-0.39, 0.29) is 29.2 Å². The average molecular weight is 335 g/mol. The Hall–Kier alpha value is -1.03. The highest BCUT2D eigenvalue weighted by atomic mass is 32.1. The van der Waals surface area contributed by atoms with Crippen LogP contribution >= 0.6 is 23.4 Å². The highest BCUT2D eigenvalue weighted by Gasteiger charge is 2.43. The van der Waals surface area contributed by atoms with Gasteiger partial charge in [-0.3, -0.25) is 4.57 Å². The van der Waals surface area contributed by atoms with Crippen molar-refractivity contribution < 1.29 is 20.1 Å². The van der Waals surface area contributed by atoms with E-state index >= 15 is 0 Å². The van der Waals surface area contributed by atoms with E-state index < -0.39 is 31.1 Å². The highest BCUT2D eigenvalue weighted by molar-refractivity contribution is 7.59. The number of aliphatic hydroxyl groups is 3. The number of nitrogens with zero attached hydrogens (tertiary/aromatic N) is 4. The molecule has 0 radical (unpaired) electrons. The monoisotopic (exact) mass is 335 g/mol. The van der Waals surface area contributed by atoms with Gasteiger partial charge in [-0.25, -0.2) is 15.0 Å². The Morgan fingerprint density at radius 2 is 1.95 bits per heavy atom. The van der Waals surface area contributed by atoms with Crippen LogP contribution in [-0.2, 0) is 4.74 Å². The van der Waals surface area contributed by atoms with Gasteiger partial charge in [0.2, 0.25) is 0 Å². The molecule has 9 nitrogen and oxygen atoms in total. The number of hydrogen-bond donors (Lipinski definition) is 4. The Morgan fingerprint density at radius 1 is 1.24 bits per heavy atom. The second-order valence-corrected chi connectivity index (χ2v) is 4.31. The molecule has 118 valence electrons. The minimum atomic E-state index is -1.19. The van der Waals surface area contributed by atoms with Crippen LogP contribution in [0.3, 0.4) is 0 Å². The van der Waals surface area contributed by atoms with Gasteiger partial charge in [-0.15, -0.1) is 0 Å². The third kappa shape index (κ3) is 2.83. The first-order valence-corrected chi connectivity index (χ1v) is 5.69. The van der Waals surface area contributed by atoms with E-state index in [1.807, 2.05) is 0 Å². The zero-order chi connectivity index (χ0) is 13.6. The SMILES string of the molecule is Nc1ncnc2c1ncn2[C@@H]1O[C@H](CO)[C@@H](O)[C@H]1O.P.S. The molecule has 21 heavy (non-hydrogen) atoms. The summed E-state index contributed by atoms with van der Waals surface area (Å²) in [6.45, 7) is -0.390. The first-order chi connectivity index (χ1) is 9.13. The quantitative estimate of drug-likeness (QED) is 0.471. The molecule has 2 aromatic rings. The molecule has 5 atom stereocenters. The molecule has 0 spiro atoms. The summed E-state index contributed by atoms with van der Waals surface area (Å²) < 4.78 is 6.85. The minimum Gasteiger partial charge on any atom is -0.394 e. The first kappa shape index (κ1) is 18.0. The second-order valence-electron chi connectivity index (χ2n) is 4.31. The molecule has 1 unspecified atom stereocenters. The van der Waals surface area contributed by atoms with E-state index in [2.05, 4.69) is 15.0 Å². The summed E-state index contributed by atoms with van der Waals surface area (Å²) in [6, 6.07) is 0. The topological polar surface area (TPSA) is 140 Å². The lowest BCUT2D eigenvalue weighted by Gasteiger charge is -2.16. The molecule has 0 saturated carbocycles. The Kier molecular flexibility index (Phi) is 5.85. The van der Waals surface area contributed by atoms with E-state index in [9.17, 15) is 10.2 Å². The smallest absolute Gasteiger partial charge is 0.167 e. The fraction of sp³-hybridized carbons (Fsp3) is 0.500. The molecule has 0 aliphatic carbocycles. The van der Waals surface area contributed by atoms with E-state index in [1.54, 1.807) is 0 Å². The lowest BCUT2D eigenvalue weighted by Crippen LogP contribution is -2.33. The van der Waals surface area contributed by atoms with Crippen molar-refractivity contribution in [3.8, 4) is 0 Å². The van der Waals surface area contributed by atoms with Gasteiger partial charge in [-0.2, -0.15) is 23.4 Å². The molecule has 2 aromatic heterocycles. The number of ether oxygens (including phenoxy) is 1. The van der Waals surface area contributed by atoms with E-state index in [0.29, 0.717) is 11.2 Å². The van der Waals surface area contributed by atoms with Crippen molar-refractivity contribution >= 4 is 40.4 Å². The standard InChI is InChI=1S/C10H13N5O4.H3P.H2S/c11-8-5-9(13-2-12-8)15(3-14-5)10-7(18)6(17)4(1-16)19-10;;/h2-4,6-7,10,16-18H,1H2,(H2,11,12,13);1H3;1H2/t4-,6-,7-,10-;;/m1../s1. The third-order valence-corrected chi connectivity index (χ3v) is 3.18. The Balaban J connectivity index is 0.00000110. The van der Waals surface area contributed by atoms with Crippen molar-refractivity contribution in [2.45, 2.75) is 24.5 Å². The van der Waals surface area contributed by atoms with Gasteiger partial charge >= 0.3 is 0 Å². The van der Waals surface area contributed by atoms with E-state index in [1.165, 1.54) is 17.2 Å². The Labute approximate surface area is 130 Å². The third-order valence-electron chi connectivity index (χ3n) is 3.18.